The van der Waals surface area contributed by atoms with Gasteiger partial charge in [-0.05, 0) is 17.7 Å². The summed E-state index contributed by atoms with van der Waals surface area (Å²) in [4.78, 5) is 10.7. The molecule has 1 aliphatic rings. The average Bonchev–Trinajstić information content (AvgIpc) is 2.66. The van der Waals surface area contributed by atoms with E-state index >= 15 is 0 Å². The molecule has 0 saturated carbocycles. The van der Waals surface area contributed by atoms with Crippen molar-refractivity contribution in [3.05, 3.63) is 35.4 Å². The summed E-state index contributed by atoms with van der Waals surface area (Å²) in [5.41, 5.74) is -1.30. The summed E-state index contributed by atoms with van der Waals surface area (Å²) in [6.07, 6.45) is -0.0760. The first-order chi connectivity index (χ1) is 7.92. The van der Waals surface area contributed by atoms with Gasteiger partial charge in [0.25, 0.3) is 0 Å². The first kappa shape index (κ1) is 11.9. The van der Waals surface area contributed by atoms with E-state index in [0.717, 1.165) is 12.1 Å². The number of benzene rings is 1. The number of carboxylic acids is 1. The number of aliphatic hydroxyl groups is 1. The van der Waals surface area contributed by atoms with Crippen LogP contribution in [-0.2, 0) is 10.4 Å². The van der Waals surface area contributed by atoms with Crippen LogP contribution >= 0.6 is 0 Å². The molecule has 0 aliphatic carbocycles. The van der Waals surface area contributed by atoms with Crippen LogP contribution in [0.15, 0.2) is 18.2 Å². The fourth-order valence-corrected chi connectivity index (χ4v) is 1.95. The van der Waals surface area contributed by atoms with Gasteiger partial charge in [0.2, 0.25) is 0 Å². The van der Waals surface area contributed by atoms with Crippen molar-refractivity contribution in [2.45, 2.75) is 18.1 Å². The molecule has 1 fully saturated rings. The summed E-state index contributed by atoms with van der Waals surface area (Å²) < 4.78 is 25.8. The zero-order valence-corrected chi connectivity index (χ0v) is 8.78. The van der Waals surface area contributed by atoms with E-state index in [-0.39, 0.29) is 18.5 Å². The number of rotatable bonds is 2. The minimum Gasteiger partial charge on any atom is -0.480 e. The molecule has 1 heterocycles. The number of carbonyl (C=O) groups is 1. The smallest absolute Gasteiger partial charge is 0.320 e. The highest BCUT2D eigenvalue weighted by molar-refractivity contribution is 5.74. The van der Waals surface area contributed by atoms with E-state index in [2.05, 4.69) is 5.32 Å². The molecule has 0 radical (unpaired) electrons. The highest BCUT2D eigenvalue weighted by atomic mass is 19.2. The van der Waals surface area contributed by atoms with E-state index in [9.17, 15) is 18.7 Å². The lowest BCUT2D eigenvalue weighted by molar-refractivity contribution is -0.139. The molecule has 1 aliphatic heterocycles. The van der Waals surface area contributed by atoms with Crippen molar-refractivity contribution in [1.82, 2.24) is 5.32 Å². The summed E-state index contributed by atoms with van der Waals surface area (Å²) in [6, 6.07) is 2.18. The van der Waals surface area contributed by atoms with Gasteiger partial charge in [0, 0.05) is 13.0 Å². The van der Waals surface area contributed by atoms with Gasteiger partial charge in [-0.15, -0.1) is 0 Å². The lowest BCUT2D eigenvalue weighted by atomic mass is 9.91. The zero-order valence-electron chi connectivity index (χ0n) is 8.78. The molecule has 0 bridgehead atoms. The quantitative estimate of drug-likeness (QED) is 0.711. The fraction of sp³-hybridized carbons (Fsp3) is 0.364. The Labute approximate surface area is 95.9 Å². The topological polar surface area (TPSA) is 69.6 Å². The molecular weight excluding hydrogens is 232 g/mol. The molecule has 6 heteroatoms. The summed E-state index contributed by atoms with van der Waals surface area (Å²) in [5.74, 6) is -3.14. The van der Waals surface area contributed by atoms with E-state index in [0.29, 0.717) is 0 Å². The van der Waals surface area contributed by atoms with Crippen molar-refractivity contribution in [1.29, 1.82) is 0 Å². The number of β-amino-alcohol motifs (C(OH)–C–C–N with tert-alkyl or cyclic N) is 1. The van der Waals surface area contributed by atoms with Crippen LogP contribution in [0.4, 0.5) is 8.78 Å². The van der Waals surface area contributed by atoms with Crippen molar-refractivity contribution in [2.24, 2.45) is 0 Å². The van der Waals surface area contributed by atoms with Crippen LogP contribution in [-0.4, -0.2) is 28.8 Å². The second-order valence-electron chi connectivity index (χ2n) is 4.14. The van der Waals surface area contributed by atoms with Crippen molar-refractivity contribution in [3.8, 4) is 0 Å². The number of carboxylic acid groups (broad SMARTS) is 1. The van der Waals surface area contributed by atoms with Gasteiger partial charge in [-0.25, -0.2) is 8.78 Å². The van der Waals surface area contributed by atoms with E-state index in [4.69, 9.17) is 5.11 Å². The zero-order chi connectivity index (χ0) is 12.6. The largest absolute Gasteiger partial charge is 0.480 e. The molecule has 0 amide bonds. The van der Waals surface area contributed by atoms with Gasteiger partial charge in [0.15, 0.2) is 11.6 Å². The van der Waals surface area contributed by atoms with Gasteiger partial charge < -0.3 is 15.5 Å². The molecule has 0 unspecified atom stereocenters. The Morgan fingerprint density at radius 3 is 2.65 bits per heavy atom. The predicted molar refractivity (Wildman–Crippen MR) is 54.3 cm³/mol. The molecular formula is C11H11F2NO3. The minimum absolute atomic E-state index is 0.00492. The van der Waals surface area contributed by atoms with Crippen LogP contribution in [0.5, 0.6) is 0 Å². The molecule has 2 atom stereocenters. The normalized spacial score (nSPS) is 28.3. The standard InChI is InChI=1S/C11H11F2NO3/c12-7-2-1-6(3-8(7)13)11(17)4-9(10(15)16)14-5-11/h1-3,9,14,17H,4-5H2,(H,15,16)/t9-,11-/m0/s1. The van der Waals surface area contributed by atoms with E-state index in [1.54, 1.807) is 0 Å². The lowest BCUT2D eigenvalue weighted by Gasteiger charge is -2.22. The Morgan fingerprint density at radius 2 is 2.12 bits per heavy atom. The Hall–Kier alpha value is -1.53. The van der Waals surface area contributed by atoms with Gasteiger partial charge in [-0.1, -0.05) is 6.07 Å². The number of aliphatic carboxylic acids is 1. The van der Waals surface area contributed by atoms with Crippen LogP contribution < -0.4 is 5.32 Å². The van der Waals surface area contributed by atoms with Crippen LogP contribution in [0.1, 0.15) is 12.0 Å². The molecule has 1 aromatic carbocycles. The molecule has 4 nitrogen and oxygen atoms in total. The maximum Gasteiger partial charge on any atom is 0.320 e. The van der Waals surface area contributed by atoms with Crippen molar-refractivity contribution in [3.63, 3.8) is 0 Å². The summed E-state index contributed by atoms with van der Waals surface area (Å²) in [7, 11) is 0. The highest BCUT2D eigenvalue weighted by Crippen LogP contribution is 2.31. The van der Waals surface area contributed by atoms with Crippen molar-refractivity contribution in [2.75, 3.05) is 6.54 Å². The Bertz CT molecular complexity index is 466. The maximum atomic E-state index is 13.0. The summed E-state index contributed by atoms with van der Waals surface area (Å²) >= 11 is 0. The first-order valence-corrected chi connectivity index (χ1v) is 5.06. The third-order valence-corrected chi connectivity index (χ3v) is 2.94. The third-order valence-electron chi connectivity index (χ3n) is 2.94. The van der Waals surface area contributed by atoms with E-state index < -0.39 is 29.2 Å². The number of nitrogens with one attached hydrogen (secondary N) is 1. The van der Waals surface area contributed by atoms with Gasteiger partial charge in [-0.3, -0.25) is 4.79 Å². The number of hydrogen-bond donors (Lipinski definition) is 3. The second kappa shape index (κ2) is 4.05. The van der Waals surface area contributed by atoms with Gasteiger partial charge in [0.1, 0.15) is 11.6 Å². The minimum atomic E-state index is -1.47. The Morgan fingerprint density at radius 1 is 1.41 bits per heavy atom. The molecule has 92 valence electrons. The molecule has 0 aromatic heterocycles. The first-order valence-electron chi connectivity index (χ1n) is 5.06. The number of hydrogen-bond acceptors (Lipinski definition) is 3. The summed E-state index contributed by atoms with van der Waals surface area (Å²) in [5, 5.41) is 21.6. The van der Waals surface area contributed by atoms with E-state index in [1.165, 1.54) is 6.07 Å². The van der Waals surface area contributed by atoms with Crippen molar-refractivity contribution < 1.29 is 23.8 Å². The third kappa shape index (κ3) is 2.13. The van der Waals surface area contributed by atoms with Crippen LogP contribution in [0.3, 0.4) is 0 Å². The fourth-order valence-electron chi connectivity index (χ4n) is 1.95. The molecule has 1 aromatic rings. The monoisotopic (exact) mass is 243 g/mol. The molecule has 17 heavy (non-hydrogen) atoms. The molecule has 3 N–H and O–H groups in total. The maximum absolute atomic E-state index is 13.0. The Kier molecular flexibility index (Phi) is 2.84. The highest BCUT2D eigenvalue weighted by Gasteiger charge is 2.41. The second-order valence-corrected chi connectivity index (χ2v) is 4.14. The van der Waals surface area contributed by atoms with Crippen LogP contribution in [0.25, 0.3) is 0 Å². The van der Waals surface area contributed by atoms with Gasteiger partial charge >= 0.3 is 5.97 Å². The SMILES string of the molecule is O=C(O)[C@@H]1C[C@@](O)(c2ccc(F)c(F)c2)CN1. The van der Waals surface area contributed by atoms with Gasteiger partial charge in [0.05, 0.1) is 0 Å². The lowest BCUT2D eigenvalue weighted by Crippen LogP contribution is -2.30. The average molecular weight is 243 g/mol. The van der Waals surface area contributed by atoms with E-state index in [1.807, 2.05) is 0 Å². The molecule has 2 rings (SSSR count). The molecule has 0 spiro atoms. The summed E-state index contributed by atoms with van der Waals surface area (Å²) in [6.45, 7) is -0.00492. The van der Waals surface area contributed by atoms with Crippen LogP contribution in [0.2, 0.25) is 0 Å². The van der Waals surface area contributed by atoms with Crippen LogP contribution in [0, 0.1) is 11.6 Å². The van der Waals surface area contributed by atoms with Crippen molar-refractivity contribution >= 4 is 5.97 Å². The predicted octanol–water partition coefficient (Wildman–Crippen LogP) is 0.599. The Balaban J connectivity index is 2.27. The number of halogens is 2. The molecule has 1 saturated heterocycles. The van der Waals surface area contributed by atoms with Gasteiger partial charge in [-0.2, -0.15) is 0 Å².